The lowest BCUT2D eigenvalue weighted by Gasteiger charge is -2.04. The highest BCUT2D eigenvalue weighted by Gasteiger charge is 2.20. The van der Waals surface area contributed by atoms with Crippen LogP contribution in [-0.2, 0) is 0 Å². The van der Waals surface area contributed by atoms with Crippen LogP contribution in [0.4, 0.5) is 5.69 Å². The van der Waals surface area contributed by atoms with Gasteiger partial charge in [0.15, 0.2) is 5.75 Å². The summed E-state index contributed by atoms with van der Waals surface area (Å²) in [5.74, 6) is -2.51. The molecule has 0 unspecified atom stereocenters. The van der Waals surface area contributed by atoms with Crippen LogP contribution < -0.4 is 5.56 Å². The van der Waals surface area contributed by atoms with Crippen LogP contribution in [0.15, 0.2) is 23.0 Å². The topological polar surface area (TPSA) is 134 Å². The van der Waals surface area contributed by atoms with Crippen molar-refractivity contribution >= 4 is 22.6 Å². The molecule has 2 rings (SSSR count). The zero-order valence-corrected chi connectivity index (χ0v) is 8.71. The van der Waals surface area contributed by atoms with E-state index < -0.39 is 27.8 Å². The molecule has 0 bridgehead atoms. The summed E-state index contributed by atoms with van der Waals surface area (Å²) < 4.78 is 0. The summed E-state index contributed by atoms with van der Waals surface area (Å²) in [6.07, 6.45) is 0. The first kappa shape index (κ1) is 11.6. The van der Waals surface area contributed by atoms with Crippen molar-refractivity contribution < 1.29 is 19.9 Å². The Morgan fingerprint density at radius 3 is 2.61 bits per heavy atom. The molecule has 1 aromatic carbocycles. The fourth-order valence-electron chi connectivity index (χ4n) is 1.60. The zero-order valence-electron chi connectivity index (χ0n) is 8.71. The van der Waals surface area contributed by atoms with E-state index in [1.807, 2.05) is 0 Å². The van der Waals surface area contributed by atoms with Gasteiger partial charge in [-0.2, -0.15) is 0 Å². The average Bonchev–Trinajstić information content (AvgIpc) is 2.29. The molecule has 0 aliphatic heterocycles. The number of fused-ring (bicyclic) bond motifs is 1. The second-order valence-corrected chi connectivity index (χ2v) is 3.47. The zero-order chi connectivity index (χ0) is 13.4. The van der Waals surface area contributed by atoms with Crippen LogP contribution >= 0.6 is 0 Å². The number of pyridine rings is 1. The number of hydrogen-bond acceptors (Lipinski definition) is 5. The molecular formula is C10H6N2O6. The molecule has 3 N–H and O–H groups in total. The van der Waals surface area contributed by atoms with Crippen molar-refractivity contribution in [1.29, 1.82) is 0 Å². The monoisotopic (exact) mass is 250 g/mol. The molecule has 92 valence electrons. The van der Waals surface area contributed by atoms with E-state index in [0.717, 1.165) is 12.1 Å². The fourth-order valence-corrected chi connectivity index (χ4v) is 1.60. The molecular weight excluding hydrogens is 244 g/mol. The third kappa shape index (κ3) is 1.65. The first-order chi connectivity index (χ1) is 8.41. The molecule has 0 aliphatic rings. The maximum Gasteiger partial charge on any atom is 0.340 e. The molecule has 0 spiro atoms. The largest absolute Gasteiger partial charge is 0.502 e. The van der Waals surface area contributed by atoms with Crippen LogP contribution in [0.1, 0.15) is 10.4 Å². The number of rotatable bonds is 2. The number of nitro benzene ring substituents is 1. The number of nitrogens with zero attached hydrogens (tertiary/aromatic N) is 1. The maximum absolute atomic E-state index is 11.3. The van der Waals surface area contributed by atoms with Crippen molar-refractivity contribution in [2.75, 3.05) is 0 Å². The van der Waals surface area contributed by atoms with Gasteiger partial charge in [0, 0.05) is 23.0 Å². The van der Waals surface area contributed by atoms with Gasteiger partial charge in [-0.1, -0.05) is 0 Å². The molecule has 0 fully saturated rings. The molecule has 2 aromatic rings. The first-order valence-electron chi connectivity index (χ1n) is 4.68. The summed E-state index contributed by atoms with van der Waals surface area (Å²) >= 11 is 0. The normalized spacial score (nSPS) is 10.4. The van der Waals surface area contributed by atoms with Crippen LogP contribution in [0.5, 0.6) is 5.75 Å². The van der Waals surface area contributed by atoms with Crippen LogP contribution in [0, 0.1) is 10.1 Å². The van der Waals surface area contributed by atoms with E-state index >= 15 is 0 Å². The molecule has 8 heteroatoms. The van der Waals surface area contributed by atoms with E-state index in [1.165, 1.54) is 6.07 Å². The molecule has 0 saturated carbocycles. The first-order valence-corrected chi connectivity index (χ1v) is 4.68. The number of carbonyl (C=O) groups is 1. The van der Waals surface area contributed by atoms with Gasteiger partial charge < -0.3 is 15.2 Å². The van der Waals surface area contributed by atoms with Gasteiger partial charge in [0.05, 0.1) is 4.92 Å². The second-order valence-electron chi connectivity index (χ2n) is 3.47. The van der Waals surface area contributed by atoms with E-state index in [4.69, 9.17) is 5.11 Å². The summed E-state index contributed by atoms with van der Waals surface area (Å²) in [6.45, 7) is 0. The van der Waals surface area contributed by atoms with Crippen molar-refractivity contribution in [2.45, 2.75) is 0 Å². The maximum atomic E-state index is 11.3. The number of hydrogen-bond donors (Lipinski definition) is 3. The Morgan fingerprint density at radius 1 is 1.39 bits per heavy atom. The molecule has 0 atom stereocenters. The molecule has 1 heterocycles. The number of H-pyrrole nitrogens is 1. The van der Waals surface area contributed by atoms with E-state index in [1.54, 1.807) is 0 Å². The van der Waals surface area contributed by atoms with E-state index in [0.29, 0.717) is 0 Å². The lowest BCUT2D eigenvalue weighted by molar-refractivity contribution is -0.384. The Hall–Kier alpha value is -2.90. The highest BCUT2D eigenvalue weighted by atomic mass is 16.6. The number of aromatic carboxylic acids is 1. The van der Waals surface area contributed by atoms with Crippen molar-refractivity contribution in [3.63, 3.8) is 0 Å². The van der Waals surface area contributed by atoms with Crippen LogP contribution in [0.3, 0.4) is 0 Å². The van der Waals surface area contributed by atoms with Crippen molar-refractivity contribution in [3.8, 4) is 5.75 Å². The summed E-state index contributed by atoms with van der Waals surface area (Å²) in [5, 5.41) is 28.8. The number of aromatic nitrogens is 1. The fraction of sp³-hybridized carbons (Fsp3) is 0. The van der Waals surface area contributed by atoms with Crippen LogP contribution in [-0.4, -0.2) is 26.1 Å². The highest BCUT2D eigenvalue weighted by Crippen LogP contribution is 2.25. The number of nitrogens with one attached hydrogen (secondary N) is 1. The standard InChI is InChI=1S/C10H6N2O6/c13-8-7(10(15)16)5-3-4(12(17)18)1-2-6(5)11-9(8)14/h1-3,13H,(H,11,14)(H,15,16). The Balaban J connectivity index is 2.96. The lowest BCUT2D eigenvalue weighted by atomic mass is 10.1. The van der Waals surface area contributed by atoms with Gasteiger partial charge in [-0.3, -0.25) is 14.9 Å². The molecule has 0 amide bonds. The molecule has 18 heavy (non-hydrogen) atoms. The molecule has 1 aromatic heterocycles. The Morgan fingerprint density at radius 2 is 2.06 bits per heavy atom. The summed E-state index contributed by atoms with van der Waals surface area (Å²) in [7, 11) is 0. The molecule has 0 radical (unpaired) electrons. The number of nitro groups is 1. The SMILES string of the molecule is O=C(O)c1c(O)c(=O)[nH]c2ccc([N+](=O)[O-])cc12. The minimum atomic E-state index is -1.54. The predicted octanol–water partition coefficient (Wildman–Crippen LogP) is 0.840. The van der Waals surface area contributed by atoms with Crippen LogP contribution in [0.2, 0.25) is 0 Å². The quantitative estimate of drug-likeness (QED) is 0.534. The van der Waals surface area contributed by atoms with Crippen molar-refractivity contribution in [2.24, 2.45) is 0 Å². The number of carboxylic acid groups (broad SMARTS) is 1. The van der Waals surface area contributed by atoms with Gasteiger partial charge in [-0.25, -0.2) is 4.79 Å². The van der Waals surface area contributed by atoms with Gasteiger partial charge in [0.1, 0.15) is 5.56 Å². The van der Waals surface area contributed by atoms with Gasteiger partial charge in [0.2, 0.25) is 0 Å². The molecule has 0 saturated heterocycles. The minimum Gasteiger partial charge on any atom is -0.502 e. The van der Waals surface area contributed by atoms with Gasteiger partial charge in [-0.05, 0) is 6.07 Å². The van der Waals surface area contributed by atoms with E-state index in [-0.39, 0.29) is 16.6 Å². The summed E-state index contributed by atoms with van der Waals surface area (Å²) in [5.41, 5.74) is -1.86. The molecule has 0 aliphatic carbocycles. The van der Waals surface area contributed by atoms with Crippen molar-refractivity contribution in [3.05, 3.63) is 44.2 Å². The third-order valence-corrected chi connectivity index (χ3v) is 2.40. The van der Waals surface area contributed by atoms with Crippen molar-refractivity contribution in [1.82, 2.24) is 4.98 Å². The number of aromatic amines is 1. The Bertz CT molecular complexity index is 733. The number of non-ortho nitro benzene ring substituents is 1. The predicted molar refractivity (Wildman–Crippen MR) is 59.8 cm³/mol. The van der Waals surface area contributed by atoms with Gasteiger partial charge in [0.25, 0.3) is 11.2 Å². The van der Waals surface area contributed by atoms with E-state index in [2.05, 4.69) is 4.98 Å². The smallest absolute Gasteiger partial charge is 0.340 e. The average molecular weight is 250 g/mol. The third-order valence-electron chi connectivity index (χ3n) is 2.40. The van der Waals surface area contributed by atoms with E-state index in [9.17, 15) is 24.8 Å². The molecule has 8 nitrogen and oxygen atoms in total. The lowest BCUT2D eigenvalue weighted by Crippen LogP contribution is -2.12. The number of benzene rings is 1. The summed E-state index contributed by atoms with van der Waals surface area (Å²) in [4.78, 5) is 34.4. The van der Waals surface area contributed by atoms with Gasteiger partial charge in [-0.15, -0.1) is 0 Å². The Labute approximate surface area is 98.3 Å². The van der Waals surface area contributed by atoms with Crippen LogP contribution in [0.25, 0.3) is 10.9 Å². The Kier molecular flexibility index (Phi) is 2.47. The van der Waals surface area contributed by atoms with Gasteiger partial charge >= 0.3 is 5.97 Å². The number of carboxylic acids is 1. The highest BCUT2D eigenvalue weighted by molar-refractivity contribution is 6.05. The second kappa shape index (κ2) is 3.84. The number of aromatic hydroxyl groups is 1. The summed E-state index contributed by atoms with van der Waals surface area (Å²) in [6, 6.07) is 3.32. The minimum absolute atomic E-state index is 0.0980.